The minimum Gasteiger partial charge on any atom is -0.353 e. The molecule has 2 aliphatic carbocycles. The lowest BCUT2D eigenvalue weighted by molar-refractivity contribution is -0.127. The Balaban J connectivity index is 1.80. The lowest BCUT2D eigenvalue weighted by Crippen LogP contribution is -2.63. The second kappa shape index (κ2) is 7.29. The summed E-state index contributed by atoms with van der Waals surface area (Å²) in [6, 6.07) is 8.27. The molecule has 0 aromatic heterocycles. The van der Waals surface area contributed by atoms with Crippen LogP contribution in [0, 0.1) is 0 Å². The molecule has 1 N–H and O–H groups in total. The molecule has 1 aliphatic heterocycles. The zero-order chi connectivity index (χ0) is 19.0. The molecule has 1 spiro atoms. The number of amides is 2. The third kappa shape index (κ3) is 2.97. The van der Waals surface area contributed by atoms with Crippen LogP contribution >= 0.6 is 0 Å². The fourth-order valence-corrected chi connectivity index (χ4v) is 5.78. The van der Waals surface area contributed by atoms with E-state index in [4.69, 9.17) is 0 Å². The van der Waals surface area contributed by atoms with E-state index >= 15 is 0 Å². The van der Waals surface area contributed by atoms with Gasteiger partial charge in [-0.3, -0.25) is 9.59 Å². The van der Waals surface area contributed by atoms with Crippen LogP contribution in [0.2, 0.25) is 0 Å². The molecular weight excluding hydrogens is 336 g/mol. The smallest absolute Gasteiger partial charge is 0.254 e. The zero-order valence-electron chi connectivity index (χ0n) is 16.7. The van der Waals surface area contributed by atoms with Gasteiger partial charge in [0, 0.05) is 17.6 Å². The molecule has 1 aromatic rings. The first kappa shape index (κ1) is 18.5. The van der Waals surface area contributed by atoms with Crippen LogP contribution in [0.1, 0.15) is 93.5 Å². The summed E-state index contributed by atoms with van der Waals surface area (Å²) in [5.74, 6) is 0.00678. The van der Waals surface area contributed by atoms with E-state index < -0.39 is 0 Å². The van der Waals surface area contributed by atoms with Crippen molar-refractivity contribution in [1.29, 1.82) is 0 Å². The molecule has 2 amide bonds. The molecule has 2 atom stereocenters. The Morgan fingerprint density at radius 1 is 1.19 bits per heavy atom. The topological polar surface area (TPSA) is 49.4 Å². The third-order valence-corrected chi connectivity index (χ3v) is 7.20. The van der Waals surface area contributed by atoms with E-state index in [1.54, 1.807) is 0 Å². The molecule has 0 bridgehead atoms. The number of carbonyl (C=O) groups is 2. The lowest BCUT2D eigenvalue weighted by atomic mass is 9.70. The standard InChI is InChI=1S/C23H32N2O2/c1-3-16(2)25-22(27)19-13-7-6-12-18(19)20(23(25)14-8-9-15-23)21(26)24-17-10-4-5-11-17/h6-7,12-13,16-17,20H,3-5,8-11,14-15H2,1-2H3,(H,24,26)/t16-,20-/m1/s1. The number of carbonyl (C=O) groups excluding carboxylic acids is 2. The summed E-state index contributed by atoms with van der Waals surface area (Å²) in [6.45, 7) is 4.27. The highest BCUT2D eigenvalue weighted by Gasteiger charge is 2.56. The minimum atomic E-state index is -0.358. The number of nitrogens with zero attached hydrogens (tertiary/aromatic N) is 1. The van der Waals surface area contributed by atoms with E-state index in [1.165, 1.54) is 12.8 Å². The predicted octanol–water partition coefficient (Wildman–Crippen LogP) is 4.40. The van der Waals surface area contributed by atoms with Gasteiger partial charge in [-0.2, -0.15) is 0 Å². The Bertz CT molecular complexity index is 717. The van der Waals surface area contributed by atoms with Gasteiger partial charge in [0.15, 0.2) is 0 Å². The summed E-state index contributed by atoms with van der Waals surface area (Å²) in [4.78, 5) is 29.2. The highest BCUT2D eigenvalue weighted by molar-refractivity contribution is 6.02. The van der Waals surface area contributed by atoms with Gasteiger partial charge < -0.3 is 10.2 Å². The molecule has 1 aromatic carbocycles. The maximum Gasteiger partial charge on any atom is 0.254 e. The van der Waals surface area contributed by atoms with Crippen LogP contribution in [0.4, 0.5) is 0 Å². The summed E-state index contributed by atoms with van der Waals surface area (Å²) in [5, 5.41) is 3.36. The Kier molecular flexibility index (Phi) is 5.00. The predicted molar refractivity (Wildman–Crippen MR) is 107 cm³/mol. The van der Waals surface area contributed by atoms with Crippen LogP contribution in [-0.2, 0) is 4.79 Å². The molecule has 146 valence electrons. The van der Waals surface area contributed by atoms with Gasteiger partial charge >= 0.3 is 0 Å². The van der Waals surface area contributed by atoms with E-state index in [9.17, 15) is 9.59 Å². The van der Waals surface area contributed by atoms with Crippen molar-refractivity contribution in [2.45, 2.75) is 95.2 Å². The van der Waals surface area contributed by atoms with Gasteiger partial charge in [0.1, 0.15) is 0 Å². The maximum atomic E-state index is 13.6. The first-order valence-corrected chi connectivity index (χ1v) is 10.8. The van der Waals surface area contributed by atoms with Crippen molar-refractivity contribution in [3.8, 4) is 0 Å². The summed E-state index contributed by atoms with van der Waals surface area (Å²) in [6.07, 6.45) is 9.53. The van der Waals surface area contributed by atoms with Crippen molar-refractivity contribution in [3.63, 3.8) is 0 Å². The Hall–Kier alpha value is -1.84. The molecule has 2 fully saturated rings. The molecule has 1 heterocycles. The summed E-state index contributed by atoms with van der Waals surface area (Å²) in [7, 11) is 0. The number of benzene rings is 1. The average molecular weight is 369 g/mol. The fourth-order valence-electron chi connectivity index (χ4n) is 5.78. The average Bonchev–Trinajstić information content (AvgIpc) is 3.34. The van der Waals surface area contributed by atoms with Gasteiger partial charge in [-0.1, -0.05) is 50.8 Å². The number of hydrogen-bond donors (Lipinski definition) is 1. The van der Waals surface area contributed by atoms with Gasteiger partial charge in [-0.25, -0.2) is 0 Å². The van der Waals surface area contributed by atoms with Crippen LogP contribution in [0.5, 0.6) is 0 Å². The number of hydrogen-bond acceptors (Lipinski definition) is 2. The molecule has 3 aliphatic rings. The normalized spacial score (nSPS) is 25.6. The number of rotatable bonds is 4. The Labute approximate surface area is 162 Å². The second-order valence-electron chi connectivity index (χ2n) is 8.75. The first-order chi connectivity index (χ1) is 13.1. The molecule has 4 nitrogen and oxygen atoms in total. The van der Waals surface area contributed by atoms with Gasteiger partial charge in [-0.15, -0.1) is 0 Å². The second-order valence-corrected chi connectivity index (χ2v) is 8.75. The van der Waals surface area contributed by atoms with Gasteiger partial charge in [0.05, 0.1) is 11.5 Å². The molecule has 27 heavy (non-hydrogen) atoms. The van der Waals surface area contributed by atoms with Crippen molar-refractivity contribution >= 4 is 11.8 Å². The highest BCUT2D eigenvalue weighted by Crippen LogP contribution is 2.51. The van der Waals surface area contributed by atoms with E-state index in [1.807, 2.05) is 24.3 Å². The molecule has 0 saturated heterocycles. The van der Waals surface area contributed by atoms with Crippen LogP contribution in [-0.4, -0.2) is 34.3 Å². The maximum absolute atomic E-state index is 13.6. The first-order valence-electron chi connectivity index (χ1n) is 10.8. The van der Waals surface area contributed by atoms with Crippen LogP contribution in [0.3, 0.4) is 0 Å². The van der Waals surface area contributed by atoms with Gasteiger partial charge in [0.25, 0.3) is 5.91 Å². The fraction of sp³-hybridized carbons (Fsp3) is 0.652. The van der Waals surface area contributed by atoms with Gasteiger partial charge in [0.2, 0.25) is 5.91 Å². The molecular formula is C23H32N2O2. The van der Waals surface area contributed by atoms with Crippen molar-refractivity contribution in [2.75, 3.05) is 0 Å². The van der Waals surface area contributed by atoms with E-state index in [0.717, 1.165) is 56.1 Å². The highest BCUT2D eigenvalue weighted by atomic mass is 16.2. The van der Waals surface area contributed by atoms with Crippen molar-refractivity contribution in [2.24, 2.45) is 0 Å². The minimum absolute atomic E-state index is 0.117. The van der Waals surface area contributed by atoms with Crippen molar-refractivity contribution in [1.82, 2.24) is 10.2 Å². The van der Waals surface area contributed by atoms with E-state index in [0.29, 0.717) is 6.04 Å². The quantitative estimate of drug-likeness (QED) is 0.856. The lowest BCUT2D eigenvalue weighted by Gasteiger charge is -2.52. The van der Waals surface area contributed by atoms with Crippen LogP contribution in [0.15, 0.2) is 24.3 Å². The Morgan fingerprint density at radius 3 is 2.52 bits per heavy atom. The number of fused-ring (bicyclic) bond motifs is 1. The SMILES string of the molecule is CC[C@@H](C)N1C(=O)c2ccccc2[C@H](C(=O)NC2CCCC2)C12CCCC2. The Morgan fingerprint density at radius 2 is 1.85 bits per heavy atom. The monoisotopic (exact) mass is 368 g/mol. The van der Waals surface area contributed by atoms with Crippen LogP contribution < -0.4 is 5.32 Å². The molecule has 0 unspecified atom stereocenters. The summed E-state index contributed by atoms with van der Waals surface area (Å²) < 4.78 is 0. The van der Waals surface area contributed by atoms with E-state index in [-0.39, 0.29) is 29.3 Å². The molecule has 0 radical (unpaired) electrons. The summed E-state index contributed by atoms with van der Waals surface area (Å²) in [5.41, 5.74) is 1.31. The van der Waals surface area contributed by atoms with E-state index in [2.05, 4.69) is 24.1 Å². The summed E-state index contributed by atoms with van der Waals surface area (Å²) >= 11 is 0. The van der Waals surface area contributed by atoms with Crippen LogP contribution in [0.25, 0.3) is 0 Å². The van der Waals surface area contributed by atoms with Crippen molar-refractivity contribution < 1.29 is 9.59 Å². The molecule has 2 saturated carbocycles. The van der Waals surface area contributed by atoms with Crippen molar-refractivity contribution in [3.05, 3.63) is 35.4 Å². The van der Waals surface area contributed by atoms with Gasteiger partial charge in [-0.05, 0) is 50.7 Å². The molecule has 4 heteroatoms. The third-order valence-electron chi connectivity index (χ3n) is 7.20. The zero-order valence-corrected chi connectivity index (χ0v) is 16.7. The number of nitrogens with one attached hydrogen (secondary N) is 1. The molecule has 4 rings (SSSR count). The largest absolute Gasteiger partial charge is 0.353 e.